The first-order valence-corrected chi connectivity index (χ1v) is 5.26. The summed E-state index contributed by atoms with van der Waals surface area (Å²) in [6.07, 6.45) is 0.978. The second kappa shape index (κ2) is 4.28. The number of hydrogen-bond donors (Lipinski definition) is 0. The highest BCUT2D eigenvalue weighted by atomic mass is 16.6. The van der Waals surface area contributed by atoms with Crippen LogP contribution in [0.25, 0.3) is 0 Å². The molecule has 0 aromatic heterocycles. The minimum atomic E-state index is -0.0386. The van der Waals surface area contributed by atoms with E-state index in [1.165, 1.54) is 0 Å². The smallest absolute Gasteiger partial charge is 0.309 e. The van der Waals surface area contributed by atoms with Crippen molar-refractivity contribution in [3.8, 4) is 0 Å². The molecule has 2 heterocycles. The summed E-state index contributed by atoms with van der Waals surface area (Å²) >= 11 is 0. The van der Waals surface area contributed by atoms with Crippen molar-refractivity contribution < 1.29 is 14.3 Å². The van der Waals surface area contributed by atoms with Crippen molar-refractivity contribution in [3.63, 3.8) is 0 Å². The van der Waals surface area contributed by atoms with E-state index in [1.54, 1.807) is 0 Å². The van der Waals surface area contributed by atoms with E-state index in [0.717, 1.165) is 39.3 Å². The number of morpholine rings is 1. The van der Waals surface area contributed by atoms with Gasteiger partial charge in [-0.1, -0.05) is 6.92 Å². The topological polar surface area (TPSA) is 38.8 Å². The van der Waals surface area contributed by atoms with Crippen LogP contribution in [-0.2, 0) is 14.3 Å². The van der Waals surface area contributed by atoms with Gasteiger partial charge in [0.15, 0.2) is 0 Å². The molecule has 2 atom stereocenters. The van der Waals surface area contributed by atoms with Gasteiger partial charge in [-0.05, 0) is 6.42 Å². The number of esters is 1. The van der Waals surface area contributed by atoms with Crippen molar-refractivity contribution in [2.75, 3.05) is 32.8 Å². The molecule has 0 amide bonds. The maximum Gasteiger partial charge on any atom is 0.309 e. The number of hydrogen-bond acceptors (Lipinski definition) is 4. The Labute approximate surface area is 84.2 Å². The summed E-state index contributed by atoms with van der Waals surface area (Å²) in [5.41, 5.74) is 0. The molecule has 0 aliphatic carbocycles. The van der Waals surface area contributed by atoms with Crippen LogP contribution in [0.5, 0.6) is 0 Å². The molecule has 2 aliphatic rings. The molecule has 80 valence electrons. The number of nitrogens with zero attached hydrogens (tertiary/aromatic N) is 1. The summed E-state index contributed by atoms with van der Waals surface area (Å²) < 4.78 is 10.5. The zero-order chi connectivity index (χ0) is 9.97. The molecule has 2 unspecified atom stereocenters. The van der Waals surface area contributed by atoms with Crippen molar-refractivity contribution in [2.45, 2.75) is 19.4 Å². The van der Waals surface area contributed by atoms with E-state index in [4.69, 9.17) is 9.47 Å². The average molecular weight is 199 g/mol. The summed E-state index contributed by atoms with van der Waals surface area (Å²) in [7, 11) is 0. The van der Waals surface area contributed by atoms with Gasteiger partial charge in [0.1, 0.15) is 6.10 Å². The van der Waals surface area contributed by atoms with Crippen molar-refractivity contribution in [3.05, 3.63) is 0 Å². The molecule has 0 aromatic rings. The molecule has 4 heteroatoms. The van der Waals surface area contributed by atoms with Crippen LogP contribution < -0.4 is 0 Å². The molecule has 4 nitrogen and oxygen atoms in total. The lowest BCUT2D eigenvalue weighted by Crippen LogP contribution is -2.40. The van der Waals surface area contributed by atoms with Gasteiger partial charge >= 0.3 is 5.97 Å². The zero-order valence-electron chi connectivity index (χ0n) is 8.57. The number of rotatable bonds is 2. The fraction of sp³-hybridized carbons (Fsp3) is 0.900. The minimum absolute atomic E-state index is 0.0386. The van der Waals surface area contributed by atoms with Crippen LogP contribution in [0.1, 0.15) is 13.3 Å². The van der Waals surface area contributed by atoms with Gasteiger partial charge in [-0.2, -0.15) is 0 Å². The fourth-order valence-electron chi connectivity index (χ4n) is 2.00. The highest BCUT2D eigenvalue weighted by Crippen LogP contribution is 2.21. The van der Waals surface area contributed by atoms with E-state index < -0.39 is 0 Å². The third kappa shape index (κ3) is 2.25. The molecule has 2 fully saturated rings. The van der Waals surface area contributed by atoms with Crippen LogP contribution in [-0.4, -0.2) is 49.8 Å². The maximum atomic E-state index is 11.2. The molecule has 0 saturated carbocycles. The van der Waals surface area contributed by atoms with Crippen LogP contribution in [0.3, 0.4) is 0 Å². The summed E-state index contributed by atoms with van der Waals surface area (Å²) in [4.78, 5) is 13.5. The predicted molar refractivity (Wildman–Crippen MR) is 50.9 cm³/mol. The third-order valence-corrected chi connectivity index (χ3v) is 2.87. The van der Waals surface area contributed by atoms with Crippen LogP contribution >= 0.6 is 0 Å². The lowest BCUT2D eigenvalue weighted by molar-refractivity contribution is -0.144. The Morgan fingerprint density at radius 3 is 2.71 bits per heavy atom. The summed E-state index contributed by atoms with van der Waals surface area (Å²) in [6, 6.07) is 0. The standard InChI is InChI=1S/C10H17NO3/c1-8-6-9(14-10(8)12)7-11-2-4-13-5-3-11/h8-9H,2-7H2,1H3. The Kier molecular flexibility index (Phi) is 3.03. The second-order valence-electron chi connectivity index (χ2n) is 4.11. The van der Waals surface area contributed by atoms with Gasteiger partial charge in [-0.3, -0.25) is 9.69 Å². The number of carbonyl (C=O) groups is 1. The quantitative estimate of drug-likeness (QED) is 0.598. The van der Waals surface area contributed by atoms with Crippen molar-refractivity contribution in [2.24, 2.45) is 5.92 Å². The van der Waals surface area contributed by atoms with E-state index in [0.29, 0.717) is 0 Å². The van der Waals surface area contributed by atoms with Gasteiger partial charge in [-0.15, -0.1) is 0 Å². The Balaban J connectivity index is 1.77. The molecule has 2 aliphatic heterocycles. The third-order valence-electron chi connectivity index (χ3n) is 2.87. The zero-order valence-corrected chi connectivity index (χ0v) is 8.57. The number of carbonyl (C=O) groups excluding carboxylic acids is 1. The molecule has 14 heavy (non-hydrogen) atoms. The molecular weight excluding hydrogens is 182 g/mol. The van der Waals surface area contributed by atoms with Gasteiger partial charge < -0.3 is 9.47 Å². The number of cyclic esters (lactones) is 1. The predicted octanol–water partition coefficient (Wildman–Crippen LogP) is 0.270. The molecule has 0 radical (unpaired) electrons. The highest BCUT2D eigenvalue weighted by Gasteiger charge is 2.32. The molecular formula is C10H17NO3. The van der Waals surface area contributed by atoms with E-state index in [1.807, 2.05) is 6.92 Å². The highest BCUT2D eigenvalue weighted by molar-refractivity contribution is 5.74. The van der Waals surface area contributed by atoms with E-state index in [-0.39, 0.29) is 18.0 Å². The molecule has 0 spiro atoms. The maximum absolute atomic E-state index is 11.2. The van der Waals surface area contributed by atoms with E-state index in [2.05, 4.69) is 4.90 Å². The Morgan fingerprint density at radius 2 is 2.14 bits per heavy atom. The number of ether oxygens (including phenoxy) is 2. The second-order valence-corrected chi connectivity index (χ2v) is 4.11. The van der Waals surface area contributed by atoms with Crippen molar-refractivity contribution >= 4 is 5.97 Å². The molecule has 0 N–H and O–H groups in total. The van der Waals surface area contributed by atoms with Gasteiger partial charge in [-0.25, -0.2) is 0 Å². The Hall–Kier alpha value is -0.610. The minimum Gasteiger partial charge on any atom is -0.461 e. The van der Waals surface area contributed by atoms with Crippen molar-refractivity contribution in [1.82, 2.24) is 4.90 Å². The van der Waals surface area contributed by atoms with Crippen molar-refractivity contribution in [1.29, 1.82) is 0 Å². The van der Waals surface area contributed by atoms with Crippen LogP contribution in [0.4, 0.5) is 0 Å². The molecule has 0 bridgehead atoms. The summed E-state index contributed by atoms with van der Waals surface area (Å²) in [5.74, 6) is 0.0456. The SMILES string of the molecule is CC1CC(CN2CCOCC2)OC1=O. The largest absolute Gasteiger partial charge is 0.461 e. The van der Waals surface area contributed by atoms with Crippen LogP contribution in [0.2, 0.25) is 0 Å². The molecule has 0 aromatic carbocycles. The average Bonchev–Trinajstić information content (AvgIpc) is 2.47. The Morgan fingerprint density at radius 1 is 1.43 bits per heavy atom. The normalized spacial score (nSPS) is 34.5. The van der Waals surface area contributed by atoms with Crippen LogP contribution in [0.15, 0.2) is 0 Å². The van der Waals surface area contributed by atoms with E-state index >= 15 is 0 Å². The molecule has 2 saturated heterocycles. The van der Waals surface area contributed by atoms with Gasteiger partial charge in [0, 0.05) is 19.6 Å². The summed E-state index contributed by atoms with van der Waals surface area (Å²) in [5, 5.41) is 0. The van der Waals surface area contributed by atoms with Gasteiger partial charge in [0.2, 0.25) is 0 Å². The first-order chi connectivity index (χ1) is 6.75. The monoisotopic (exact) mass is 199 g/mol. The first kappa shape index (κ1) is 9.93. The lowest BCUT2D eigenvalue weighted by atomic mass is 10.1. The lowest BCUT2D eigenvalue weighted by Gasteiger charge is -2.28. The van der Waals surface area contributed by atoms with Gasteiger partial charge in [0.05, 0.1) is 19.1 Å². The van der Waals surface area contributed by atoms with Crippen LogP contribution in [0, 0.1) is 5.92 Å². The fourth-order valence-corrected chi connectivity index (χ4v) is 2.00. The summed E-state index contributed by atoms with van der Waals surface area (Å²) in [6.45, 7) is 6.33. The van der Waals surface area contributed by atoms with E-state index in [9.17, 15) is 4.79 Å². The van der Waals surface area contributed by atoms with Gasteiger partial charge in [0.25, 0.3) is 0 Å². The first-order valence-electron chi connectivity index (χ1n) is 5.26. The Bertz CT molecular complexity index is 213. The molecule has 2 rings (SSSR count).